The minimum absolute atomic E-state index is 0.0135. The Bertz CT molecular complexity index is 694. The van der Waals surface area contributed by atoms with Crippen molar-refractivity contribution >= 4 is 50.6 Å². The van der Waals surface area contributed by atoms with Gasteiger partial charge in [0.1, 0.15) is 5.82 Å². The normalized spacial score (nSPS) is 10.3. The number of hydrogen-bond acceptors (Lipinski definition) is 3. The van der Waals surface area contributed by atoms with Crippen LogP contribution in [0.1, 0.15) is 10.4 Å². The van der Waals surface area contributed by atoms with Gasteiger partial charge < -0.3 is 16.2 Å². The Hall–Kier alpha value is -1.79. The molecule has 2 rings (SSSR count). The molecule has 2 aromatic rings. The molecule has 0 spiro atoms. The molecule has 0 atom stereocenters. The topological polar surface area (TPSA) is 75.3 Å². The molecule has 20 heavy (non-hydrogen) atoms. The average Bonchev–Trinajstić information content (AvgIpc) is 2.35. The Morgan fingerprint density at radius 2 is 2.00 bits per heavy atom. The number of rotatable bonds is 3. The predicted octanol–water partition coefficient (Wildman–Crippen LogP) is 4.27. The summed E-state index contributed by atoms with van der Waals surface area (Å²) in [7, 11) is 0. The molecule has 0 aliphatic carbocycles. The average molecular weight is 360 g/mol. The molecule has 7 heteroatoms. The van der Waals surface area contributed by atoms with E-state index in [1.807, 2.05) is 0 Å². The molecule has 0 radical (unpaired) electrons. The highest BCUT2D eigenvalue weighted by Gasteiger charge is 2.14. The zero-order chi connectivity index (χ0) is 14.9. The fraction of sp³-hybridized carbons (Fsp3) is 0. The first-order valence-corrected chi connectivity index (χ1v) is 6.60. The summed E-state index contributed by atoms with van der Waals surface area (Å²) in [5, 5.41) is 12.3. The zero-order valence-corrected chi connectivity index (χ0v) is 12.3. The molecule has 0 amide bonds. The Balaban J connectivity index is 2.43. The molecule has 4 N–H and O–H groups in total. The van der Waals surface area contributed by atoms with Gasteiger partial charge in [-0.2, -0.15) is 0 Å². The van der Waals surface area contributed by atoms with Gasteiger partial charge in [-0.1, -0.05) is 11.6 Å². The number of halogens is 3. The van der Waals surface area contributed by atoms with Crippen molar-refractivity contribution in [3.63, 3.8) is 0 Å². The number of carboxylic acid groups (broad SMARTS) is 1. The second kappa shape index (κ2) is 5.68. The van der Waals surface area contributed by atoms with Crippen molar-refractivity contribution in [2.75, 3.05) is 11.1 Å². The summed E-state index contributed by atoms with van der Waals surface area (Å²) in [5.74, 6) is -1.87. The van der Waals surface area contributed by atoms with Crippen molar-refractivity contribution in [1.82, 2.24) is 0 Å². The van der Waals surface area contributed by atoms with Crippen molar-refractivity contribution in [3.8, 4) is 0 Å². The lowest BCUT2D eigenvalue weighted by molar-refractivity contribution is 0.0698. The van der Waals surface area contributed by atoms with E-state index in [0.29, 0.717) is 15.2 Å². The summed E-state index contributed by atoms with van der Waals surface area (Å²) in [4.78, 5) is 11.0. The Morgan fingerprint density at radius 3 is 2.60 bits per heavy atom. The molecule has 4 nitrogen and oxygen atoms in total. The van der Waals surface area contributed by atoms with Gasteiger partial charge in [-0.25, -0.2) is 9.18 Å². The maximum Gasteiger partial charge on any atom is 0.337 e. The lowest BCUT2D eigenvalue weighted by Gasteiger charge is -2.12. The number of nitrogens with two attached hydrogens (primary N) is 1. The predicted molar refractivity (Wildman–Crippen MR) is 80.2 cm³/mol. The van der Waals surface area contributed by atoms with E-state index in [2.05, 4.69) is 21.2 Å². The highest BCUT2D eigenvalue weighted by molar-refractivity contribution is 9.10. The van der Waals surface area contributed by atoms with Gasteiger partial charge in [0, 0.05) is 15.2 Å². The van der Waals surface area contributed by atoms with Gasteiger partial charge in [0.25, 0.3) is 0 Å². The third-order valence-corrected chi connectivity index (χ3v) is 3.46. The van der Waals surface area contributed by atoms with E-state index in [1.54, 1.807) is 18.2 Å². The van der Waals surface area contributed by atoms with Gasteiger partial charge in [0.15, 0.2) is 0 Å². The maximum absolute atomic E-state index is 13.8. The number of nitrogens with one attached hydrogen (secondary N) is 1. The summed E-state index contributed by atoms with van der Waals surface area (Å²) in [6.45, 7) is 0. The van der Waals surface area contributed by atoms with E-state index in [-0.39, 0.29) is 16.9 Å². The summed E-state index contributed by atoms with van der Waals surface area (Å²) >= 11 is 9.09. The minimum atomic E-state index is -1.22. The van der Waals surface area contributed by atoms with Crippen molar-refractivity contribution in [2.24, 2.45) is 0 Å². The van der Waals surface area contributed by atoms with Crippen molar-refractivity contribution in [3.05, 3.63) is 51.2 Å². The molecular weight excluding hydrogens is 351 g/mol. The van der Waals surface area contributed by atoms with Crippen molar-refractivity contribution in [2.45, 2.75) is 0 Å². The minimum Gasteiger partial charge on any atom is -0.478 e. The maximum atomic E-state index is 13.8. The molecule has 104 valence electrons. The molecule has 0 saturated heterocycles. The van der Waals surface area contributed by atoms with E-state index in [9.17, 15) is 9.18 Å². The van der Waals surface area contributed by atoms with Crippen LogP contribution < -0.4 is 11.1 Å². The molecule has 0 aromatic heterocycles. The Kier molecular flexibility index (Phi) is 4.15. The third-order valence-electron chi connectivity index (χ3n) is 2.57. The monoisotopic (exact) mass is 358 g/mol. The number of aromatic carboxylic acids is 1. The SMILES string of the molecule is Nc1cc(F)c(Nc2ccc(Cl)cc2Br)cc1C(=O)O. The summed E-state index contributed by atoms with van der Waals surface area (Å²) in [5.41, 5.74) is 5.73. The largest absolute Gasteiger partial charge is 0.478 e. The smallest absolute Gasteiger partial charge is 0.337 e. The standard InChI is InChI=1S/C13H9BrClFN2O2/c14-8-3-6(15)1-2-11(8)18-12-4-7(13(19)20)10(17)5-9(12)16/h1-5,18H,17H2,(H,19,20). The first-order chi connectivity index (χ1) is 9.38. The van der Waals surface area contributed by atoms with Gasteiger partial charge in [0.05, 0.1) is 16.9 Å². The molecule has 2 aromatic carbocycles. The first-order valence-electron chi connectivity index (χ1n) is 5.43. The quantitative estimate of drug-likeness (QED) is 0.716. The van der Waals surface area contributed by atoms with Crippen molar-refractivity contribution in [1.29, 1.82) is 0 Å². The van der Waals surface area contributed by atoms with E-state index >= 15 is 0 Å². The van der Waals surface area contributed by atoms with Crippen LogP contribution in [0.5, 0.6) is 0 Å². The summed E-state index contributed by atoms with van der Waals surface area (Å²) in [6.07, 6.45) is 0. The van der Waals surface area contributed by atoms with Crippen LogP contribution in [-0.4, -0.2) is 11.1 Å². The molecule has 0 fully saturated rings. The second-order valence-electron chi connectivity index (χ2n) is 3.97. The Labute approximate surface area is 127 Å². The second-order valence-corrected chi connectivity index (χ2v) is 5.26. The van der Waals surface area contributed by atoms with Crippen molar-refractivity contribution < 1.29 is 14.3 Å². The van der Waals surface area contributed by atoms with E-state index < -0.39 is 11.8 Å². The number of carboxylic acids is 1. The van der Waals surface area contributed by atoms with Crippen LogP contribution in [0.15, 0.2) is 34.8 Å². The number of carbonyl (C=O) groups is 1. The van der Waals surface area contributed by atoms with E-state index in [4.69, 9.17) is 22.4 Å². The highest BCUT2D eigenvalue weighted by atomic mass is 79.9. The zero-order valence-electron chi connectivity index (χ0n) is 9.95. The molecule has 0 heterocycles. The lowest BCUT2D eigenvalue weighted by atomic mass is 10.1. The molecule has 0 saturated carbocycles. The van der Waals surface area contributed by atoms with Crippen LogP contribution in [0.4, 0.5) is 21.5 Å². The third kappa shape index (κ3) is 3.02. The van der Waals surface area contributed by atoms with Crippen LogP contribution in [0.3, 0.4) is 0 Å². The van der Waals surface area contributed by atoms with Gasteiger partial charge >= 0.3 is 5.97 Å². The number of anilines is 3. The fourth-order valence-electron chi connectivity index (χ4n) is 1.61. The van der Waals surface area contributed by atoms with Gasteiger partial charge in [0.2, 0.25) is 0 Å². The van der Waals surface area contributed by atoms with E-state index in [0.717, 1.165) is 12.1 Å². The molecule has 0 bridgehead atoms. The summed E-state index contributed by atoms with van der Waals surface area (Å²) < 4.78 is 14.4. The van der Waals surface area contributed by atoms with Gasteiger partial charge in [-0.3, -0.25) is 0 Å². The van der Waals surface area contributed by atoms with Gasteiger partial charge in [-0.05, 0) is 46.3 Å². The van der Waals surface area contributed by atoms with Gasteiger partial charge in [-0.15, -0.1) is 0 Å². The van der Waals surface area contributed by atoms with Crippen LogP contribution in [0.2, 0.25) is 5.02 Å². The summed E-state index contributed by atoms with van der Waals surface area (Å²) in [6, 6.07) is 7.02. The Morgan fingerprint density at radius 1 is 1.30 bits per heavy atom. The number of nitrogen functional groups attached to an aromatic ring is 1. The van der Waals surface area contributed by atoms with Crippen LogP contribution in [0, 0.1) is 5.82 Å². The number of benzene rings is 2. The van der Waals surface area contributed by atoms with E-state index in [1.165, 1.54) is 0 Å². The molecular formula is C13H9BrClFN2O2. The first kappa shape index (κ1) is 14.6. The molecule has 0 aliphatic rings. The lowest BCUT2D eigenvalue weighted by Crippen LogP contribution is -2.05. The van der Waals surface area contributed by atoms with Crippen LogP contribution in [0.25, 0.3) is 0 Å². The number of hydrogen-bond donors (Lipinski definition) is 3. The van der Waals surface area contributed by atoms with Crippen LogP contribution >= 0.6 is 27.5 Å². The molecule has 0 aliphatic heterocycles. The molecule has 0 unspecified atom stereocenters. The highest BCUT2D eigenvalue weighted by Crippen LogP contribution is 2.31. The fourth-order valence-corrected chi connectivity index (χ4v) is 2.39. The van der Waals surface area contributed by atoms with Crippen LogP contribution in [-0.2, 0) is 0 Å².